The van der Waals surface area contributed by atoms with Crippen LogP contribution in [0.15, 0.2) is 30.7 Å². The van der Waals surface area contributed by atoms with Crippen LogP contribution in [-0.4, -0.2) is 63.2 Å². The van der Waals surface area contributed by atoms with E-state index in [9.17, 15) is 4.79 Å². The van der Waals surface area contributed by atoms with Crippen molar-refractivity contribution in [2.75, 3.05) is 30.4 Å². The topological polar surface area (TPSA) is 102 Å². The van der Waals surface area contributed by atoms with Gasteiger partial charge in [-0.2, -0.15) is 10.2 Å². The van der Waals surface area contributed by atoms with E-state index in [-0.39, 0.29) is 0 Å². The van der Waals surface area contributed by atoms with E-state index < -0.39 is 0 Å². The van der Waals surface area contributed by atoms with Crippen LogP contribution in [0.5, 0.6) is 5.75 Å². The minimum Gasteiger partial charge on any atom is -0.494 e. The Morgan fingerprint density at radius 2 is 1.68 bits per heavy atom. The van der Waals surface area contributed by atoms with Gasteiger partial charge < -0.3 is 20.3 Å². The Hall–Kier alpha value is -3.66. The van der Waals surface area contributed by atoms with Gasteiger partial charge in [0.25, 0.3) is 0 Å². The molecule has 2 N–H and O–H groups in total. The number of benzene rings is 1. The first-order valence-electron chi connectivity index (χ1n) is 13.5. The number of carbonyl (C=O) groups is 1. The zero-order valence-corrected chi connectivity index (χ0v) is 23.4. The molecule has 4 aromatic rings. The van der Waals surface area contributed by atoms with Crippen molar-refractivity contribution >= 4 is 39.7 Å². The van der Waals surface area contributed by atoms with Crippen LogP contribution in [0, 0.1) is 6.92 Å². The summed E-state index contributed by atoms with van der Waals surface area (Å²) in [6.45, 7) is 8.26. The van der Waals surface area contributed by atoms with Crippen molar-refractivity contribution in [3.63, 3.8) is 0 Å². The number of pyridine rings is 1. The lowest BCUT2D eigenvalue weighted by molar-refractivity contribution is -0.105. The molecule has 0 spiro atoms. The van der Waals surface area contributed by atoms with Crippen LogP contribution >= 0.6 is 0 Å². The largest absolute Gasteiger partial charge is 0.494 e. The molecule has 0 atom stereocenters. The summed E-state index contributed by atoms with van der Waals surface area (Å²) in [5.74, 6) is 1.71. The van der Waals surface area contributed by atoms with Crippen molar-refractivity contribution < 1.29 is 9.53 Å². The molecule has 204 valence electrons. The van der Waals surface area contributed by atoms with Crippen molar-refractivity contribution in [2.24, 2.45) is 14.1 Å². The van der Waals surface area contributed by atoms with Crippen LogP contribution in [0.4, 0.5) is 11.5 Å². The minimum atomic E-state index is 0.605. The number of fused-ring (bicyclic) bond motifs is 2. The summed E-state index contributed by atoms with van der Waals surface area (Å²) in [5, 5.41) is 17.3. The summed E-state index contributed by atoms with van der Waals surface area (Å²) in [5.41, 5.74) is 3.72. The Bertz CT molecular complexity index is 1370. The molecule has 38 heavy (non-hydrogen) atoms. The molecule has 10 heteroatoms. The molecule has 3 aromatic heterocycles. The Labute approximate surface area is 224 Å². The van der Waals surface area contributed by atoms with Gasteiger partial charge in [0.05, 0.1) is 23.7 Å². The molecular formula is C28H40N8O2. The van der Waals surface area contributed by atoms with E-state index in [2.05, 4.69) is 38.9 Å². The number of hydrogen-bond donors (Lipinski definition) is 2. The molecule has 1 aliphatic heterocycles. The fourth-order valence-corrected chi connectivity index (χ4v) is 4.85. The molecule has 0 unspecified atom stereocenters. The molecule has 1 aliphatic carbocycles. The summed E-state index contributed by atoms with van der Waals surface area (Å²) in [6.07, 6.45) is 11.7. The second kappa shape index (κ2) is 12.3. The second-order valence-electron chi connectivity index (χ2n) is 9.71. The quantitative estimate of drug-likeness (QED) is 0.368. The molecule has 4 heterocycles. The van der Waals surface area contributed by atoms with E-state index >= 15 is 0 Å². The zero-order chi connectivity index (χ0) is 27.2. The summed E-state index contributed by atoms with van der Waals surface area (Å²) in [6, 6.07) is 5.13. The highest BCUT2D eigenvalue weighted by Gasteiger charge is 2.28. The lowest BCUT2D eigenvalue weighted by atomic mass is 10.0. The number of anilines is 2. The van der Waals surface area contributed by atoms with E-state index in [1.54, 1.807) is 17.9 Å². The summed E-state index contributed by atoms with van der Waals surface area (Å²) < 4.78 is 8.75. The lowest BCUT2D eigenvalue weighted by Gasteiger charge is -2.33. The number of nitrogens with one attached hydrogen (secondary N) is 2. The van der Waals surface area contributed by atoms with Gasteiger partial charge in [-0.05, 0) is 44.2 Å². The normalized spacial score (nSPS) is 15.5. The minimum absolute atomic E-state index is 0.605. The van der Waals surface area contributed by atoms with Crippen molar-refractivity contribution in [2.45, 2.75) is 58.5 Å². The first kappa shape index (κ1) is 27.4. The average molecular weight is 521 g/mol. The molecule has 1 aromatic carbocycles. The van der Waals surface area contributed by atoms with E-state index in [1.165, 1.54) is 31.1 Å². The number of nitrogens with zero attached hydrogens (tertiary/aromatic N) is 6. The standard InChI is InChI=1S/C16H23N5.C10H11N3O2.C2H6/c1-11-9-17-16(14-10-20(2)19-15(11)14)21-7-5-13(6-8-21)18-12-3-4-12;1-13-5-7-3-9(11-6-14)10(15-2)4-8(7)12-13;1-2/h9-10,12-13,18H,3-8H2,1-2H3;3-6H,1-2H3,(H,11,14);1-2H3. The third-order valence-corrected chi connectivity index (χ3v) is 6.82. The number of amides is 1. The summed E-state index contributed by atoms with van der Waals surface area (Å²) >= 11 is 0. The van der Waals surface area contributed by atoms with Crippen LogP contribution in [0.3, 0.4) is 0 Å². The molecule has 0 radical (unpaired) electrons. The van der Waals surface area contributed by atoms with E-state index in [4.69, 9.17) is 9.72 Å². The first-order valence-corrected chi connectivity index (χ1v) is 13.5. The predicted molar refractivity (Wildman–Crippen MR) is 153 cm³/mol. The smallest absolute Gasteiger partial charge is 0.211 e. The highest BCUT2D eigenvalue weighted by Crippen LogP contribution is 2.30. The number of aromatic nitrogens is 5. The summed E-state index contributed by atoms with van der Waals surface area (Å²) in [7, 11) is 5.38. The highest BCUT2D eigenvalue weighted by atomic mass is 16.5. The number of aryl methyl sites for hydroxylation is 3. The fourth-order valence-electron chi connectivity index (χ4n) is 4.85. The molecule has 1 amide bonds. The van der Waals surface area contributed by atoms with Crippen LogP contribution < -0.4 is 20.3 Å². The predicted octanol–water partition coefficient (Wildman–Crippen LogP) is 4.17. The van der Waals surface area contributed by atoms with E-state index in [0.29, 0.717) is 23.9 Å². The Morgan fingerprint density at radius 1 is 1.00 bits per heavy atom. The highest BCUT2D eigenvalue weighted by molar-refractivity contribution is 5.91. The number of hydrogen-bond acceptors (Lipinski definition) is 7. The molecule has 1 saturated heterocycles. The number of piperidine rings is 1. The average Bonchev–Trinajstić information content (AvgIpc) is 3.53. The molecule has 10 nitrogen and oxygen atoms in total. The third-order valence-electron chi connectivity index (χ3n) is 6.82. The summed E-state index contributed by atoms with van der Waals surface area (Å²) in [4.78, 5) is 17.5. The maximum atomic E-state index is 10.4. The monoisotopic (exact) mass is 520 g/mol. The Morgan fingerprint density at radius 3 is 2.34 bits per heavy atom. The van der Waals surface area contributed by atoms with E-state index in [1.807, 2.05) is 51.1 Å². The maximum absolute atomic E-state index is 10.4. The fraction of sp³-hybridized carbons (Fsp3) is 0.500. The van der Waals surface area contributed by atoms with Gasteiger partial charge in [0.15, 0.2) is 0 Å². The van der Waals surface area contributed by atoms with Gasteiger partial charge in [-0.3, -0.25) is 14.2 Å². The van der Waals surface area contributed by atoms with Gasteiger partial charge in [-0.25, -0.2) is 4.98 Å². The van der Waals surface area contributed by atoms with Crippen LogP contribution in [0.25, 0.3) is 21.8 Å². The maximum Gasteiger partial charge on any atom is 0.211 e. The van der Waals surface area contributed by atoms with E-state index in [0.717, 1.165) is 46.9 Å². The van der Waals surface area contributed by atoms with Crippen LogP contribution in [-0.2, 0) is 18.9 Å². The Balaban J connectivity index is 0.000000175. The number of ether oxygens (including phenoxy) is 1. The Kier molecular flexibility index (Phi) is 8.83. The van der Waals surface area contributed by atoms with Crippen molar-refractivity contribution in [3.8, 4) is 5.75 Å². The number of rotatable bonds is 6. The van der Waals surface area contributed by atoms with Gasteiger partial charge >= 0.3 is 0 Å². The first-order chi connectivity index (χ1) is 18.4. The SMILES string of the molecule is CC.COc1cc2nn(C)cc2cc1NC=O.Cc1cnc(N2CCC(NC3CC3)CC2)c2cn(C)nc12. The van der Waals surface area contributed by atoms with Gasteiger partial charge in [-0.1, -0.05) is 13.8 Å². The molecule has 2 fully saturated rings. The third kappa shape index (κ3) is 6.24. The van der Waals surface area contributed by atoms with Gasteiger partial charge in [0, 0.05) is 69.3 Å². The zero-order valence-electron chi connectivity index (χ0n) is 23.4. The number of methoxy groups -OCH3 is 1. The van der Waals surface area contributed by atoms with Crippen molar-refractivity contribution in [3.05, 3.63) is 36.3 Å². The van der Waals surface area contributed by atoms with Crippen LogP contribution in [0.2, 0.25) is 0 Å². The molecule has 2 aliphatic rings. The molecule has 1 saturated carbocycles. The van der Waals surface area contributed by atoms with Gasteiger partial charge in [0.2, 0.25) is 6.41 Å². The number of carbonyl (C=O) groups excluding carboxylic acids is 1. The van der Waals surface area contributed by atoms with Gasteiger partial charge in [-0.15, -0.1) is 0 Å². The van der Waals surface area contributed by atoms with Crippen molar-refractivity contribution in [1.29, 1.82) is 0 Å². The molecular weight excluding hydrogens is 480 g/mol. The second-order valence-corrected chi connectivity index (χ2v) is 9.71. The van der Waals surface area contributed by atoms with Gasteiger partial charge in [0.1, 0.15) is 17.1 Å². The molecule has 0 bridgehead atoms. The van der Waals surface area contributed by atoms with Crippen molar-refractivity contribution in [1.82, 2.24) is 29.9 Å². The lowest BCUT2D eigenvalue weighted by Crippen LogP contribution is -2.43. The van der Waals surface area contributed by atoms with Crippen LogP contribution in [0.1, 0.15) is 45.1 Å². The molecule has 6 rings (SSSR count).